The van der Waals surface area contributed by atoms with Gasteiger partial charge in [-0.15, -0.1) is 0 Å². The van der Waals surface area contributed by atoms with E-state index in [9.17, 15) is 10.1 Å². The standard InChI is InChI=1S/C18H17N5O2/c1-23-14-5-3-2-4-13(14)20-18(23)12(10-19)15(24)8-9-16-21-17(22-25-16)11-6-7-11/h2-5,11-12H,6-9H2,1H3. The number of benzene rings is 1. The monoisotopic (exact) mass is 335 g/mol. The molecule has 2 heterocycles. The van der Waals surface area contributed by atoms with Crippen LogP contribution in [0.5, 0.6) is 0 Å². The third-order valence-corrected chi connectivity index (χ3v) is 4.54. The van der Waals surface area contributed by atoms with Gasteiger partial charge in [-0.2, -0.15) is 10.2 Å². The highest BCUT2D eigenvalue weighted by Crippen LogP contribution is 2.38. The molecule has 0 amide bonds. The molecule has 0 aliphatic heterocycles. The fraction of sp³-hybridized carbons (Fsp3) is 0.389. The van der Waals surface area contributed by atoms with Gasteiger partial charge in [0.05, 0.1) is 17.1 Å². The molecule has 7 heteroatoms. The molecule has 1 atom stereocenters. The van der Waals surface area contributed by atoms with Gasteiger partial charge in [-0.05, 0) is 25.0 Å². The highest BCUT2D eigenvalue weighted by molar-refractivity contribution is 5.89. The number of hydrogen-bond donors (Lipinski definition) is 0. The van der Waals surface area contributed by atoms with Gasteiger partial charge in [0.1, 0.15) is 5.82 Å². The van der Waals surface area contributed by atoms with Crippen molar-refractivity contribution in [2.24, 2.45) is 7.05 Å². The molecule has 7 nitrogen and oxygen atoms in total. The molecule has 0 N–H and O–H groups in total. The predicted molar refractivity (Wildman–Crippen MR) is 88.7 cm³/mol. The van der Waals surface area contributed by atoms with Crippen molar-refractivity contribution in [1.82, 2.24) is 19.7 Å². The fourth-order valence-corrected chi connectivity index (χ4v) is 2.95. The third-order valence-electron chi connectivity index (χ3n) is 4.54. The van der Waals surface area contributed by atoms with Crippen LogP contribution in [0, 0.1) is 11.3 Å². The summed E-state index contributed by atoms with van der Waals surface area (Å²) in [6.45, 7) is 0. The summed E-state index contributed by atoms with van der Waals surface area (Å²) in [5.74, 6) is 0.986. The first-order chi connectivity index (χ1) is 12.2. The van der Waals surface area contributed by atoms with Crippen molar-refractivity contribution in [1.29, 1.82) is 5.26 Å². The molecule has 1 aliphatic carbocycles. The molecule has 4 rings (SSSR count). The molecule has 0 bridgehead atoms. The second-order valence-corrected chi connectivity index (χ2v) is 6.37. The van der Waals surface area contributed by atoms with Crippen LogP contribution in [0.1, 0.15) is 48.6 Å². The van der Waals surface area contributed by atoms with Crippen molar-refractivity contribution in [3.05, 3.63) is 41.8 Å². The topological polar surface area (TPSA) is 97.6 Å². The minimum atomic E-state index is -0.900. The SMILES string of the molecule is Cn1c(C(C#N)C(=O)CCc2nc(C3CC3)no2)nc2ccccc21. The summed E-state index contributed by atoms with van der Waals surface area (Å²) < 4.78 is 6.99. The van der Waals surface area contributed by atoms with E-state index in [0.717, 1.165) is 29.7 Å². The van der Waals surface area contributed by atoms with Crippen molar-refractivity contribution in [3.63, 3.8) is 0 Å². The first-order valence-electron chi connectivity index (χ1n) is 8.33. The summed E-state index contributed by atoms with van der Waals surface area (Å²) >= 11 is 0. The molecule has 1 fully saturated rings. The summed E-state index contributed by atoms with van der Waals surface area (Å²) in [5.41, 5.74) is 1.68. The number of Topliss-reactive ketones (excluding diaryl/α,β-unsaturated/α-hetero) is 1. The number of nitrogens with zero attached hydrogens (tertiary/aromatic N) is 5. The van der Waals surface area contributed by atoms with Gasteiger partial charge >= 0.3 is 0 Å². The number of carbonyl (C=O) groups excluding carboxylic acids is 1. The molecule has 25 heavy (non-hydrogen) atoms. The van der Waals surface area contributed by atoms with E-state index in [4.69, 9.17) is 4.52 Å². The molecule has 0 saturated heterocycles. The van der Waals surface area contributed by atoms with E-state index in [-0.39, 0.29) is 12.2 Å². The lowest BCUT2D eigenvalue weighted by molar-refractivity contribution is -0.119. The Morgan fingerprint density at radius 1 is 1.40 bits per heavy atom. The van der Waals surface area contributed by atoms with Gasteiger partial charge in [-0.1, -0.05) is 17.3 Å². The smallest absolute Gasteiger partial charge is 0.227 e. The zero-order chi connectivity index (χ0) is 17.4. The largest absolute Gasteiger partial charge is 0.339 e. The van der Waals surface area contributed by atoms with Gasteiger partial charge in [-0.3, -0.25) is 4.79 Å². The molecule has 126 valence electrons. The zero-order valence-electron chi connectivity index (χ0n) is 13.8. The number of imidazole rings is 1. The molecular formula is C18H17N5O2. The summed E-state index contributed by atoms with van der Waals surface area (Å²) in [5, 5.41) is 13.4. The number of ketones is 1. The Balaban J connectivity index is 1.50. The van der Waals surface area contributed by atoms with Gasteiger partial charge in [0.2, 0.25) is 5.89 Å². The van der Waals surface area contributed by atoms with Crippen molar-refractivity contribution in [2.75, 3.05) is 0 Å². The minimum absolute atomic E-state index is 0.174. The van der Waals surface area contributed by atoms with Crippen LogP contribution in [0.15, 0.2) is 28.8 Å². The second-order valence-electron chi connectivity index (χ2n) is 6.37. The van der Waals surface area contributed by atoms with Gasteiger partial charge in [0, 0.05) is 25.8 Å². The Labute approximate surface area is 144 Å². The van der Waals surface area contributed by atoms with Gasteiger partial charge in [-0.25, -0.2) is 4.98 Å². The van der Waals surface area contributed by atoms with Crippen molar-refractivity contribution in [2.45, 2.75) is 37.5 Å². The van der Waals surface area contributed by atoms with E-state index in [1.807, 2.05) is 31.3 Å². The molecule has 0 spiro atoms. The molecule has 3 aromatic rings. The molecule has 1 aliphatic rings. The van der Waals surface area contributed by atoms with E-state index in [1.54, 1.807) is 4.57 Å². The van der Waals surface area contributed by atoms with E-state index in [1.165, 1.54) is 0 Å². The number of carbonyl (C=O) groups is 1. The van der Waals surface area contributed by atoms with Gasteiger partial charge in [0.15, 0.2) is 17.5 Å². The predicted octanol–water partition coefficient (Wildman–Crippen LogP) is 2.64. The quantitative estimate of drug-likeness (QED) is 0.687. The summed E-state index contributed by atoms with van der Waals surface area (Å²) in [6.07, 6.45) is 2.72. The number of nitriles is 1. The van der Waals surface area contributed by atoms with Crippen LogP contribution in [0.25, 0.3) is 11.0 Å². The Morgan fingerprint density at radius 3 is 2.92 bits per heavy atom. The summed E-state index contributed by atoms with van der Waals surface area (Å²) in [7, 11) is 1.82. The third kappa shape index (κ3) is 2.91. The zero-order valence-corrected chi connectivity index (χ0v) is 13.8. The molecular weight excluding hydrogens is 318 g/mol. The normalized spacial score (nSPS) is 15.2. The number of aromatic nitrogens is 4. The average Bonchev–Trinajstić information content (AvgIpc) is 3.28. The van der Waals surface area contributed by atoms with Crippen molar-refractivity contribution >= 4 is 16.8 Å². The van der Waals surface area contributed by atoms with Crippen molar-refractivity contribution in [3.8, 4) is 6.07 Å². The first kappa shape index (κ1) is 15.5. The molecule has 0 radical (unpaired) electrons. The summed E-state index contributed by atoms with van der Waals surface area (Å²) in [4.78, 5) is 21.3. The van der Waals surface area contributed by atoms with Crippen LogP contribution in [-0.2, 0) is 18.3 Å². The average molecular weight is 335 g/mol. The maximum absolute atomic E-state index is 12.6. The Morgan fingerprint density at radius 2 is 2.20 bits per heavy atom. The van der Waals surface area contributed by atoms with Gasteiger partial charge < -0.3 is 9.09 Å². The van der Waals surface area contributed by atoms with E-state index >= 15 is 0 Å². The van der Waals surface area contributed by atoms with Crippen LogP contribution in [0.4, 0.5) is 0 Å². The van der Waals surface area contributed by atoms with Crippen LogP contribution in [0.2, 0.25) is 0 Å². The Kier molecular flexibility index (Phi) is 3.80. The Bertz CT molecular complexity index is 977. The van der Waals surface area contributed by atoms with Crippen LogP contribution >= 0.6 is 0 Å². The maximum Gasteiger partial charge on any atom is 0.227 e. The van der Waals surface area contributed by atoms with Crippen LogP contribution in [0.3, 0.4) is 0 Å². The number of hydrogen-bond acceptors (Lipinski definition) is 6. The minimum Gasteiger partial charge on any atom is -0.339 e. The van der Waals surface area contributed by atoms with Crippen molar-refractivity contribution < 1.29 is 9.32 Å². The second kappa shape index (κ2) is 6.13. The van der Waals surface area contributed by atoms with Crippen LogP contribution in [-0.4, -0.2) is 25.5 Å². The Hall–Kier alpha value is -3.01. The summed E-state index contributed by atoms with van der Waals surface area (Å²) in [6, 6.07) is 9.67. The molecule has 2 aromatic heterocycles. The molecule has 1 saturated carbocycles. The number of para-hydroxylation sites is 2. The first-order valence-corrected chi connectivity index (χ1v) is 8.33. The lowest BCUT2D eigenvalue weighted by Crippen LogP contribution is -2.16. The number of aryl methyl sites for hydroxylation is 2. The van der Waals surface area contributed by atoms with E-state index in [0.29, 0.717) is 24.1 Å². The fourth-order valence-electron chi connectivity index (χ4n) is 2.95. The van der Waals surface area contributed by atoms with E-state index in [2.05, 4.69) is 21.2 Å². The lowest BCUT2D eigenvalue weighted by Gasteiger charge is -2.07. The lowest BCUT2D eigenvalue weighted by atomic mass is 10.0. The van der Waals surface area contributed by atoms with E-state index < -0.39 is 5.92 Å². The molecule has 1 unspecified atom stereocenters. The van der Waals surface area contributed by atoms with Crippen LogP contribution < -0.4 is 0 Å². The number of rotatable bonds is 6. The number of fused-ring (bicyclic) bond motifs is 1. The maximum atomic E-state index is 12.6. The molecule has 1 aromatic carbocycles. The highest BCUT2D eigenvalue weighted by atomic mass is 16.5. The highest BCUT2D eigenvalue weighted by Gasteiger charge is 2.29. The van der Waals surface area contributed by atoms with Gasteiger partial charge in [0.25, 0.3) is 0 Å².